The van der Waals surface area contributed by atoms with Crippen molar-refractivity contribution < 1.29 is 32.2 Å². The number of rotatable bonds is 7. The number of hydrogen-bond acceptors (Lipinski definition) is 8. The van der Waals surface area contributed by atoms with Gasteiger partial charge in [-0.1, -0.05) is 0 Å². The van der Waals surface area contributed by atoms with Gasteiger partial charge in [0, 0.05) is 16.5 Å². The predicted molar refractivity (Wildman–Crippen MR) is 130 cm³/mol. The molecule has 2 amide bonds. The average molecular weight is 509 g/mol. The summed E-state index contributed by atoms with van der Waals surface area (Å²) in [5.74, 6) is 0.315. The molecule has 11 heteroatoms. The summed E-state index contributed by atoms with van der Waals surface area (Å²) in [4.78, 5) is 27.5. The van der Waals surface area contributed by atoms with Gasteiger partial charge in [0.25, 0.3) is 11.8 Å². The van der Waals surface area contributed by atoms with Crippen molar-refractivity contribution in [3.63, 3.8) is 0 Å². The van der Waals surface area contributed by atoms with Crippen molar-refractivity contribution >= 4 is 38.0 Å². The number of carbonyl (C=O) groups is 2. The zero-order valence-electron chi connectivity index (χ0n) is 19.4. The first-order valence-electron chi connectivity index (χ1n) is 11.0. The zero-order valence-corrected chi connectivity index (χ0v) is 21.0. The van der Waals surface area contributed by atoms with Crippen LogP contribution in [0.5, 0.6) is 17.2 Å². The van der Waals surface area contributed by atoms with E-state index >= 15 is 0 Å². The fraction of sp³-hybridized carbons (Fsp3) is 0.478. The van der Waals surface area contributed by atoms with E-state index in [2.05, 4.69) is 10.6 Å². The quantitative estimate of drug-likeness (QED) is 0.590. The summed E-state index contributed by atoms with van der Waals surface area (Å²) in [6.07, 6.45) is 3.97. The first-order valence-corrected chi connectivity index (χ1v) is 13.7. The van der Waals surface area contributed by atoms with Crippen LogP contribution in [-0.4, -0.2) is 59.1 Å². The lowest BCUT2D eigenvalue weighted by Gasteiger charge is -2.16. The molecule has 1 aliphatic carbocycles. The molecular weight excluding hydrogens is 480 g/mol. The van der Waals surface area contributed by atoms with Crippen molar-refractivity contribution in [2.24, 2.45) is 0 Å². The highest BCUT2D eigenvalue weighted by molar-refractivity contribution is 7.91. The molecule has 184 valence electrons. The van der Waals surface area contributed by atoms with Gasteiger partial charge in [0.1, 0.15) is 5.00 Å². The molecule has 1 atom stereocenters. The Kier molecular flexibility index (Phi) is 7.04. The van der Waals surface area contributed by atoms with Crippen molar-refractivity contribution in [1.29, 1.82) is 0 Å². The fourth-order valence-electron chi connectivity index (χ4n) is 4.45. The highest BCUT2D eigenvalue weighted by Gasteiger charge is 2.32. The van der Waals surface area contributed by atoms with Crippen LogP contribution >= 0.6 is 11.3 Å². The minimum Gasteiger partial charge on any atom is -0.493 e. The second-order valence-corrected chi connectivity index (χ2v) is 11.7. The predicted octanol–water partition coefficient (Wildman–Crippen LogP) is 2.82. The molecule has 9 nitrogen and oxygen atoms in total. The van der Waals surface area contributed by atoms with Gasteiger partial charge in [0.2, 0.25) is 5.75 Å². The Morgan fingerprint density at radius 1 is 1.00 bits per heavy atom. The van der Waals surface area contributed by atoms with Gasteiger partial charge in [-0.2, -0.15) is 0 Å². The normalized spacial score (nSPS) is 18.6. The molecule has 2 heterocycles. The number of carbonyl (C=O) groups excluding carboxylic acids is 2. The number of fused-ring (bicyclic) bond motifs is 1. The molecule has 0 bridgehead atoms. The molecule has 0 saturated carbocycles. The molecule has 2 aromatic rings. The van der Waals surface area contributed by atoms with Crippen molar-refractivity contribution in [2.75, 3.05) is 38.2 Å². The van der Waals surface area contributed by atoms with Crippen LogP contribution in [-0.2, 0) is 22.7 Å². The first-order chi connectivity index (χ1) is 16.3. The van der Waals surface area contributed by atoms with Crippen molar-refractivity contribution in [3.05, 3.63) is 33.7 Å². The van der Waals surface area contributed by atoms with Crippen LogP contribution in [0.2, 0.25) is 0 Å². The van der Waals surface area contributed by atoms with Crippen LogP contribution < -0.4 is 24.8 Å². The van der Waals surface area contributed by atoms with Crippen molar-refractivity contribution in [3.8, 4) is 17.2 Å². The Bertz CT molecular complexity index is 1200. The van der Waals surface area contributed by atoms with Crippen molar-refractivity contribution in [2.45, 2.75) is 38.1 Å². The van der Waals surface area contributed by atoms with E-state index in [9.17, 15) is 18.0 Å². The second-order valence-electron chi connectivity index (χ2n) is 8.36. The van der Waals surface area contributed by atoms with E-state index in [0.717, 1.165) is 36.1 Å². The maximum atomic E-state index is 13.3. The molecule has 1 aromatic heterocycles. The molecule has 34 heavy (non-hydrogen) atoms. The largest absolute Gasteiger partial charge is 0.493 e. The Morgan fingerprint density at radius 2 is 1.68 bits per heavy atom. The highest BCUT2D eigenvalue weighted by atomic mass is 32.2. The number of benzene rings is 1. The number of nitrogens with one attached hydrogen (secondary N) is 2. The molecule has 0 radical (unpaired) electrons. The van der Waals surface area contributed by atoms with E-state index in [0.29, 0.717) is 34.2 Å². The minimum atomic E-state index is -3.13. The SMILES string of the molecule is COc1cc(C(=O)Nc2sc3c(c2C(=O)NC2CCS(=O)(=O)C2)CCCC3)cc(OC)c1OC. The number of aryl methyl sites for hydroxylation is 1. The molecule has 1 aliphatic heterocycles. The number of ether oxygens (including phenoxy) is 3. The number of methoxy groups -OCH3 is 3. The Hall–Kier alpha value is -2.79. The maximum absolute atomic E-state index is 13.3. The van der Waals surface area contributed by atoms with Gasteiger partial charge in [0.15, 0.2) is 21.3 Å². The Balaban J connectivity index is 1.64. The van der Waals surface area contributed by atoms with E-state index in [1.165, 1.54) is 32.7 Å². The van der Waals surface area contributed by atoms with E-state index in [1.807, 2.05) is 0 Å². The first kappa shape index (κ1) is 24.3. The lowest BCUT2D eigenvalue weighted by atomic mass is 9.95. The second kappa shape index (κ2) is 9.83. The van der Waals surface area contributed by atoms with E-state index in [-0.39, 0.29) is 23.0 Å². The average Bonchev–Trinajstić information content (AvgIpc) is 3.36. The topological polar surface area (TPSA) is 120 Å². The fourth-order valence-corrected chi connectivity index (χ4v) is 7.40. The molecular formula is C23H28N2O7S2. The minimum absolute atomic E-state index is 0.0573. The Labute approximate surface area is 202 Å². The lowest BCUT2D eigenvalue weighted by molar-refractivity contribution is 0.0941. The summed E-state index contributed by atoms with van der Waals surface area (Å²) in [5, 5.41) is 6.23. The van der Waals surface area contributed by atoms with Gasteiger partial charge < -0.3 is 24.8 Å². The molecule has 2 N–H and O–H groups in total. The number of thiophene rings is 1. The van der Waals surface area contributed by atoms with Gasteiger partial charge in [-0.3, -0.25) is 9.59 Å². The summed E-state index contributed by atoms with van der Waals surface area (Å²) in [5.41, 5.74) is 1.66. The smallest absolute Gasteiger partial charge is 0.256 e. The van der Waals surface area contributed by atoms with Crippen LogP contribution in [0.25, 0.3) is 0 Å². The molecule has 0 spiro atoms. The number of hydrogen-bond donors (Lipinski definition) is 2. The van der Waals surface area contributed by atoms with Gasteiger partial charge in [0.05, 0.1) is 38.4 Å². The van der Waals surface area contributed by atoms with Crippen molar-refractivity contribution in [1.82, 2.24) is 5.32 Å². The number of anilines is 1. The molecule has 1 saturated heterocycles. The summed E-state index contributed by atoms with van der Waals surface area (Å²) >= 11 is 1.40. The standard InChI is InChI=1S/C23H28N2O7S2/c1-30-16-10-13(11-17(31-2)20(16)32-3)21(26)25-23-19(15-6-4-5-7-18(15)33-23)22(27)24-14-8-9-34(28,29)12-14/h10-11,14H,4-9,12H2,1-3H3,(H,24,27)(H,25,26). The van der Waals surface area contributed by atoms with Gasteiger partial charge in [-0.15, -0.1) is 11.3 Å². The number of sulfone groups is 1. The lowest BCUT2D eigenvalue weighted by Crippen LogP contribution is -2.36. The van der Waals surface area contributed by atoms with Gasteiger partial charge >= 0.3 is 0 Å². The van der Waals surface area contributed by atoms with Crippen LogP contribution in [0.3, 0.4) is 0 Å². The summed E-state index contributed by atoms with van der Waals surface area (Å²) in [6.45, 7) is 0. The molecule has 2 aliphatic rings. The third-order valence-corrected chi connectivity index (χ3v) is 9.10. The summed E-state index contributed by atoms with van der Waals surface area (Å²) in [7, 11) is 1.30. The van der Waals surface area contributed by atoms with E-state index in [4.69, 9.17) is 14.2 Å². The van der Waals surface area contributed by atoms with Gasteiger partial charge in [-0.05, 0) is 49.8 Å². The van der Waals surface area contributed by atoms with Crippen LogP contribution in [0.1, 0.15) is 50.4 Å². The molecule has 1 aromatic carbocycles. The third-order valence-electron chi connectivity index (χ3n) is 6.12. The zero-order chi connectivity index (χ0) is 24.5. The monoisotopic (exact) mass is 508 g/mol. The Morgan fingerprint density at radius 3 is 2.26 bits per heavy atom. The van der Waals surface area contributed by atoms with E-state index < -0.39 is 21.8 Å². The summed E-state index contributed by atoms with van der Waals surface area (Å²) < 4.78 is 39.7. The van der Waals surface area contributed by atoms with E-state index in [1.54, 1.807) is 12.1 Å². The molecule has 1 fully saturated rings. The maximum Gasteiger partial charge on any atom is 0.256 e. The van der Waals surface area contributed by atoms with Gasteiger partial charge in [-0.25, -0.2) is 8.42 Å². The molecule has 1 unspecified atom stereocenters. The molecule has 4 rings (SSSR count). The van der Waals surface area contributed by atoms with Crippen LogP contribution in [0, 0.1) is 0 Å². The highest BCUT2D eigenvalue weighted by Crippen LogP contribution is 2.40. The van der Waals surface area contributed by atoms with Crippen LogP contribution in [0.15, 0.2) is 12.1 Å². The number of amides is 2. The van der Waals surface area contributed by atoms with Crippen LogP contribution in [0.4, 0.5) is 5.00 Å². The summed E-state index contributed by atoms with van der Waals surface area (Å²) in [6, 6.07) is 2.68. The third kappa shape index (κ3) is 4.85.